The van der Waals surface area contributed by atoms with Gasteiger partial charge in [-0.3, -0.25) is 0 Å². The molecular weight excluding hydrogens is 194 g/mol. The molecular formula is C12H18ClN. The molecule has 0 spiro atoms. The lowest BCUT2D eigenvalue weighted by Gasteiger charge is -2.18. The molecule has 2 N–H and O–H groups in total. The van der Waals surface area contributed by atoms with Crippen molar-refractivity contribution in [1.82, 2.24) is 0 Å². The molecule has 2 rings (SSSR count). The molecule has 1 aromatic rings. The molecule has 78 valence electrons. The number of nitrogens with two attached hydrogens (primary N) is 1. The third-order valence-electron chi connectivity index (χ3n) is 3.09. The summed E-state index contributed by atoms with van der Waals surface area (Å²) in [6.45, 7) is 0. The van der Waals surface area contributed by atoms with E-state index in [4.69, 9.17) is 5.73 Å². The fourth-order valence-electron chi connectivity index (χ4n) is 2.26. The summed E-state index contributed by atoms with van der Waals surface area (Å²) >= 11 is 0. The van der Waals surface area contributed by atoms with Crippen LogP contribution in [0.15, 0.2) is 30.3 Å². The van der Waals surface area contributed by atoms with Crippen molar-refractivity contribution in [1.29, 1.82) is 0 Å². The molecule has 0 saturated heterocycles. The number of benzene rings is 1. The average Bonchev–Trinajstić information content (AvgIpc) is 2.71. The molecule has 0 heterocycles. The van der Waals surface area contributed by atoms with Gasteiger partial charge in [-0.15, -0.1) is 12.4 Å². The molecule has 1 unspecified atom stereocenters. The van der Waals surface area contributed by atoms with Crippen molar-refractivity contribution < 1.29 is 0 Å². The van der Waals surface area contributed by atoms with Gasteiger partial charge in [-0.25, -0.2) is 0 Å². The maximum absolute atomic E-state index is 6.20. The second kappa shape index (κ2) is 5.38. The average molecular weight is 212 g/mol. The molecule has 0 bridgehead atoms. The lowest BCUT2D eigenvalue weighted by atomic mass is 9.93. The van der Waals surface area contributed by atoms with Gasteiger partial charge in [0.15, 0.2) is 0 Å². The van der Waals surface area contributed by atoms with Gasteiger partial charge >= 0.3 is 0 Å². The summed E-state index contributed by atoms with van der Waals surface area (Å²) in [6, 6.07) is 10.7. The minimum absolute atomic E-state index is 0. The number of rotatable bonds is 2. The van der Waals surface area contributed by atoms with E-state index in [1.807, 2.05) is 6.07 Å². The van der Waals surface area contributed by atoms with E-state index in [1.54, 1.807) is 0 Å². The molecule has 14 heavy (non-hydrogen) atoms. The first-order valence-corrected chi connectivity index (χ1v) is 5.18. The van der Waals surface area contributed by atoms with Crippen LogP contribution >= 0.6 is 12.4 Å². The molecule has 1 saturated carbocycles. The lowest BCUT2D eigenvalue weighted by Crippen LogP contribution is -2.18. The zero-order valence-electron chi connectivity index (χ0n) is 8.36. The molecule has 1 aliphatic rings. The Bertz CT molecular complexity index is 254. The molecule has 1 nitrogen and oxygen atoms in total. The van der Waals surface area contributed by atoms with Gasteiger partial charge in [0, 0.05) is 6.04 Å². The predicted molar refractivity (Wildman–Crippen MR) is 62.6 cm³/mol. The lowest BCUT2D eigenvalue weighted by molar-refractivity contribution is 0.445. The molecule has 0 radical (unpaired) electrons. The van der Waals surface area contributed by atoms with Crippen molar-refractivity contribution in [2.75, 3.05) is 0 Å². The summed E-state index contributed by atoms with van der Waals surface area (Å²) < 4.78 is 0. The van der Waals surface area contributed by atoms with Crippen LogP contribution in [0.5, 0.6) is 0 Å². The zero-order valence-corrected chi connectivity index (χ0v) is 9.17. The highest BCUT2D eigenvalue weighted by Gasteiger charge is 2.22. The summed E-state index contributed by atoms with van der Waals surface area (Å²) in [4.78, 5) is 0. The van der Waals surface area contributed by atoms with Crippen LogP contribution in [0, 0.1) is 5.92 Å². The van der Waals surface area contributed by atoms with Crippen LogP contribution < -0.4 is 5.73 Å². The molecule has 1 aliphatic carbocycles. The van der Waals surface area contributed by atoms with Crippen LogP contribution in [0.3, 0.4) is 0 Å². The van der Waals surface area contributed by atoms with E-state index < -0.39 is 0 Å². The second-order valence-electron chi connectivity index (χ2n) is 3.98. The Morgan fingerprint density at radius 1 is 1.07 bits per heavy atom. The SMILES string of the molecule is Cl.NC(c1ccccc1)C1CCCC1. The van der Waals surface area contributed by atoms with Gasteiger partial charge in [-0.05, 0) is 24.3 Å². The van der Waals surface area contributed by atoms with Crippen molar-refractivity contribution in [2.45, 2.75) is 31.7 Å². The molecule has 0 amide bonds. The van der Waals surface area contributed by atoms with E-state index in [-0.39, 0.29) is 18.4 Å². The maximum atomic E-state index is 6.20. The van der Waals surface area contributed by atoms with E-state index in [2.05, 4.69) is 24.3 Å². The van der Waals surface area contributed by atoms with Gasteiger partial charge in [-0.1, -0.05) is 43.2 Å². The van der Waals surface area contributed by atoms with E-state index in [1.165, 1.54) is 31.2 Å². The minimum atomic E-state index is 0. The van der Waals surface area contributed by atoms with Crippen LogP contribution in [0.1, 0.15) is 37.3 Å². The number of hydrogen-bond acceptors (Lipinski definition) is 1. The third-order valence-corrected chi connectivity index (χ3v) is 3.09. The highest BCUT2D eigenvalue weighted by atomic mass is 35.5. The highest BCUT2D eigenvalue weighted by molar-refractivity contribution is 5.85. The largest absolute Gasteiger partial charge is 0.324 e. The van der Waals surface area contributed by atoms with Crippen LogP contribution in [-0.2, 0) is 0 Å². The molecule has 1 aromatic carbocycles. The number of halogens is 1. The van der Waals surface area contributed by atoms with Crippen LogP contribution in [0.4, 0.5) is 0 Å². The minimum Gasteiger partial charge on any atom is -0.324 e. The van der Waals surface area contributed by atoms with E-state index in [0.29, 0.717) is 0 Å². The Balaban J connectivity index is 0.000000980. The Labute approximate surface area is 92.1 Å². The summed E-state index contributed by atoms with van der Waals surface area (Å²) in [5, 5.41) is 0. The smallest absolute Gasteiger partial charge is 0.0323 e. The van der Waals surface area contributed by atoms with Gasteiger partial charge in [0.25, 0.3) is 0 Å². The van der Waals surface area contributed by atoms with E-state index in [9.17, 15) is 0 Å². The first-order chi connectivity index (χ1) is 6.38. The fraction of sp³-hybridized carbons (Fsp3) is 0.500. The Kier molecular flexibility index (Phi) is 4.43. The summed E-state index contributed by atoms with van der Waals surface area (Å²) in [6.07, 6.45) is 5.36. The summed E-state index contributed by atoms with van der Waals surface area (Å²) in [7, 11) is 0. The normalized spacial score (nSPS) is 18.9. The van der Waals surface area contributed by atoms with Crippen molar-refractivity contribution in [3.8, 4) is 0 Å². The monoisotopic (exact) mass is 211 g/mol. The van der Waals surface area contributed by atoms with E-state index in [0.717, 1.165) is 5.92 Å². The van der Waals surface area contributed by atoms with Gasteiger partial charge < -0.3 is 5.73 Å². The van der Waals surface area contributed by atoms with E-state index >= 15 is 0 Å². The fourth-order valence-corrected chi connectivity index (χ4v) is 2.26. The first kappa shape index (κ1) is 11.5. The van der Waals surface area contributed by atoms with Gasteiger partial charge in [-0.2, -0.15) is 0 Å². The van der Waals surface area contributed by atoms with Crippen molar-refractivity contribution in [3.63, 3.8) is 0 Å². The van der Waals surface area contributed by atoms with Crippen molar-refractivity contribution >= 4 is 12.4 Å². The standard InChI is InChI=1S/C12H17N.ClH/c13-12(11-8-4-5-9-11)10-6-2-1-3-7-10;/h1-3,6-7,11-12H,4-5,8-9,13H2;1H. The molecule has 1 fully saturated rings. The highest BCUT2D eigenvalue weighted by Crippen LogP contribution is 2.33. The van der Waals surface area contributed by atoms with Gasteiger partial charge in [0.2, 0.25) is 0 Å². The molecule has 0 aliphatic heterocycles. The van der Waals surface area contributed by atoms with Crippen LogP contribution in [0.2, 0.25) is 0 Å². The molecule has 0 aromatic heterocycles. The molecule has 1 atom stereocenters. The van der Waals surface area contributed by atoms with Crippen LogP contribution in [-0.4, -0.2) is 0 Å². The predicted octanol–water partition coefficient (Wildman–Crippen LogP) is 3.30. The Hall–Kier alpha value is -0.530. The Morgan fingerprint density at radius 3 is 2.21 bits per heavy atom. The number of hydrogen-bond donors (Lipinski definition) is 1. The maximum Gasteiger partial charge on any atom is 0.0323 e. The van der Waals surface area contributed by atoms with Gasteiger partial charge in [0.1, 0.15) is 0 Å². The summed E-state index contributed by atoms with van der Waals surface area (Å²) in [5.41, 5.74) is 7.50. The first-order valence-electron chi connectivity index (χ1n) is 5.18. The van der Waals surface area contributed by atoms with Crippen molar-refractivity contribution in [2.24, 2.45) is 11.7 Å². The Morgan fingerprint density at radius 2 is 1.64 bits per heavy atom. The molecule has 2 heteroatoms. The third kappa shape index (κ3) is 2.49. The zero-order chi connectivity index (χ0) is 9.10. The van der Waals surface area contributed by atoms with Crippen LogP contribution in [0.25, 0.3) is 0 Å². The summed E-state index contributed by atoms with van der Waals surface area (Å²) in [5.74, 6) is 0.724. The second-order valence-corrected chi connectivity index (χ2v) is 3.98. The topological polar surface area (TPSA) is 26.0 Å². The quantitative estimate of drug-likeness (QED) is 0.798. The van der Waals surface area contributed by atoms with Gasteiger partial charge in [0.05, 0.1) is 0 Å². The van der Waals surface area contributed by atoms with Crippen molar-refractivity contribution in [3.05, 3.63) is 35.9 Å².